The summed E-state index contributed by atoms with van der Waals surface area (Å²) in [6.45, 7) is 6.71. The zero-order valence-corrected chi connectivity index (χ0v) is 11.7. The molecule has 0 N–H and O–H groups in total. The van der Waals surface area contributed by atoms with Crippen LogP contribution in [0.1, 0.15) is 41.7 Å². The van der Waals surface area contributed by atoms with Gasteiger partial charge < -0.3 is 0 Å². The third-order valence-corrected chi connectivity index (χ3v) is 3.55. The van der Waals surface area contributed by atoms with Gasteiger partial charge in [-0.1, -0.05) is 61.9 Å². The van der Waals surface area contributed by atoms with Gasteiger partial charge >= 0.3 is 0 Å². The van der Waals surface area contributed by atoms with Crippen LogP contribution in [0.25, 0.3) is 0 Å². The fraction of sp³-hybridized carbons (Fsp3) is 0.333. The van der Waals surface area contributed by atoms with E-state index in [9.17, 15) is 0 Å². The van der Waals surface area contributed by atoms with Gasteiger partial charge in [0.1, 0.15) is 0 Å². The summed E-state index contributed by atoms with van der Waals surface area (Å²) in [5.41, 5.74) is 7.35. The quantitative estimate of drug-likeness (QED) is 0.723. The van der Waals surface area contributed by atoms with Gasteiger partial charge in [0.15, 0.2) is 0 Å². The molecular formula is C18H22. The van der Waals surface area contributed by atoms with Crippen molar-refractivity contribution in [2.45, 2.75) is 40.0 Å². The average Bonchev–Trinajstić information content (AvgIpc) is 2.39. The molecule has 0 spiro atoms. The second kappa shape index (κ2) is 5.86. The van der Waals surface area contributed by atoms with E-state index < -0.39 is 0 Å². The van der Waals surface area contributed by atoms with E-state index in [0.717, 1.165) is 19.3 Å². The molecule has 0 nitrogen and oxygen atoms in total. The minimum atomic E-state index is 1.05. The van der Waals surface area contributed by atoms with Crippen molar-refractivity contribution in [1.82, 2.24) is 0 Å². The van der Waals surface area contributed by atoms with Crippen LogP contribution in [0.4, 0.5) is 0 Å². The second-order valence-corrected chi connectivity index (χ2v) is 4.93. The molecule has 0 heteroatoms. The van der Waals surface area contributed by atoms with Crippen LogP contribution < -0.4 is 0 Å². The second-order valence-electron chi connectivity index (χ2n) is 4.93. The molecule has 0 heterocycles. The number of hydrogen-bond acceptors (Lipinski definition) is 0. The third kappa shape index (κ3) is 2.81. The molecule has 0 aliphatic rings. The van der Waals surface area contributed by atoms with Crippen molar-refractivity contribution in [1.29, 1.82) is 0 Å². The van der Waals surface area contributed by atoms with Crippen molar-refractivity contribution in [3.63, 3.8) is 0 Å². The van der Waals surface area contributed by atoms with E-state index in [2.05, 4.69) is 63.2 Å². The van der Waals surface area contributed by atoms with Crippen molar-refractivity contribution < 1.29 is 0 Å². The molecule has 0 unspecified atom stereocenters. The molecule has 0 radical (unpaired) electrons. The number of hydrogen-bond donors (Lipinski definition) is 0. The first kappa shape index (κ1) is 12.9. The molecule has 0 saturated heterocycles. The van der Waals surface area contributed by atoms with Gasteiger partial charge in [-0.3, -0.25) is 0 Å². The van der Waals surface area contributed by atoms with E-state index >= 15 is 0 Å². The molecule has 0 atom stereocenters. The maximum atomic E-state index is 2.35. The molecule has 18 heavy (non-hydrogen) atoms. The summed E-state index contributed by atoms with van der Waals surface area (Å²) < 4.78 is 0. The minimum absolute atomic E-state index is 1.05. The van der Waals surface area contributed by atoms with Gasteiger partial charge in [-0.15, -0.1) is 0 Å². The fourth-order valence-corrected chi connectivity index (χ4v) is 2.71. The molecular weight excluding hydrogens is 216 g/mol. The molecule has 0 aliphatic heterocycles. The lowest BCUT2D eigenvalue weighted by molar-refractivity contribution is 0.987. The first-order valence-electron chi connectivity index (χ1n) is 6.89. The lowest BCUT2D eigenvalue weighted by atomic mass is 9.91. The largest absolute Gasteiger partial charge is 0.0622 e. The van der Waals surface area contributed by atoms with Gasteiger partial charge in [-0.05, 0) is 48.4 Å². The standard InChI is InChI=1S/C18H22/c1-4-16-11-14(3)12-17(18(16)5-2)13-15-9-7-6-8-10-15/h6-12H,4-5,13H2,1-3H3. The SMILES string of the molecule is CCc1cc(C)cc(Cc2ccccc2)c1CC. The highest BCUT2D eigenvalue weighted by molar-refractivity contribution is 5.41. The summed E-state index contributed by atoms with van der Waals surface area (Å²) in [6, 6.07) is 15.5. The first-order chi connectivity index (χ1) is 8.74. The van der Waals surface area contributed by atoms with E-state index in [1.165, 1.54) is 22.3 Å². The number of benzene rings is 2. The maximum absolute atomic E-state index is 2.35. The summed E-state index contributed by atoms with van der Waals surface area (Å²) in [6.07, 6.45) is 3.32. The molecule has 2 rings (SSSR count). The topological polar surface area (TPSA) is 0 Å². The van der Waals surface area contributed by atoms with Crippen molar-refractivity contribution >= 4 is 0 Å². The van der Waals surface area contributed by atoms with E-state index in [4.69, 9.17) is 0 Å². The summed E-state index contributed by atoms with van der Waals surface area (Å²) in [5.74, 6) is 0. The average molecular weight is 238 g/mol. The molecule has 0 aromatic heterocycles. The van der Waals surface area contributed by atoms with Gasteiger partial charge in [0.2, 0.25) is 0 Å². The Morgan fingerprint density at radius 2 is 1.50 bits per heavy atom. The molecule has 0 amide bonds. The Balaban J connectivity index is 2.40. The van der Waals surface area contributed by atoms with Crippen LogP contribution in [0, 0.1) is 6.92 Å². The number of aryl methyl sites for hydroxylation is 2. The summed E-state index contributed by atoms with van der Waals surface area (Å²) >= 11 is 0. The van der Waals surface area contributed by atoms with Crippen LogP contribution in [0.15, 0.2) is 42.5 Å². The summed E-state index contributed by atoms with van der Waals surface area (Å²) in [7, 11) is 0. The predicted octanol–water partition coefficient (Wildman–Crippen LogP) is 4.71. The molecule has 0 saturated carbocycles. The van der Waals surface area contributed by atoms with Crippen LogP contribution in [0.2, 0.25) is 0 Å². The normalized spacial score (nSPS) is 10.6. The van der Waals surface area contributed by atoms with Crippen LogP contribution in [0.3, 0.4) is 0 Å². The Hall–Kier alpha value is -1.56. The zero-order chi connectivity index (χ0) is 13.0. The lowest BCUT2D eigenvalue weighted by Crippen LogP contribution is -2.01. The van der Waals surface area contributed by atoms with Crippen molar-refractivity contribution in [3.05, 3.63) is 70.3 Å². The third-order valence-electron chi connectivity index (χ3n) is 3.55. The molecule has 2 aromatic rings. The molecule has 0 aliphatic carbocycles. The van der Waals surface area contributed by atoms with E-state index in [1.807, 2.05) is 0 Å². The molecule has 0 bridgehead atoms. The highest BCUT2D eigenvalue weighted by Crippen LogP contribution is 2.22. The Morgan fingerprint density at radius 1 is 0.833 bits per heavy atom. The van der Waals surface area contributed by atoms with Crippen LogP contribution in [-0.4, -0.2) is 0 Å². The van der Waals surface area contributed by atoms with Gasteiger partial charge in [0, 0.05) is 0 Å². The predicted molar refractivity (Wildman–Crippen MR) is 79.2 cm³/mol. The Kier molecular flexibility index (Phi) is 4.19. The summed E-state index contributed by atoms with van der Waals surface area (Å²) in [4.78, 5) is 0. The zero-order valence-electron chi connectivity index (χ0n) is 11.7. The van der Waals surface area contributed by atoms with E-state index in [0.29, 0.717) is 0 Å². The maximum Gasteiger partial charge on any atom is -0.00228 e. The van der Waals surface area contributed by atoms with Crippen LogP contribution >= 0.6 is 0 Å². The smallest absolute Gasteiger partial charge is 0.00228 e. The highest BCUT2D eigenvalue weighted by Gasteiger charge is 2.07. The monoisotopic (exact) mass is 238 g/mol. The van der Waals surface area contributed by atoms with Crippen LogP contribution in [-0.2, 0) is 19.3 Å². The summed E-state index contributed by atoms with van der Waals surface area (Å²) in [5, 5.41) is 0. The fourth-order valence-electron chi connectivity index (χ4n) is 2.71. The first-order valence-corrected chi connectivity index (χ1v) is 6.89. The lowest BCUT2D eigenvalue weighted by Gasteiger charge is -2.14. The minimum Gasteiger partial charge on any atom is -0.0622 e. The molecule has 2 aromatic carbocycles. The highest BCUT2D eigenvalue weighted by atomic mass is 14.1. The Bertz CT molecular complexity index is 509. The van der Waals surface area contributed by atoms with Gasteiger partial charge in [0.05, 0.1) is 0 Å². The Labute approximate surface area is 111 Å². The van der Waals surface area contributed by atoms with Crippen molar-refractivity contribution in [2.24, 2.45) is 0 Å². The van der Waals surface area contributed by atoms with E-state index in [1.54, 1.807) is 5.56 Å². The van der Waals surface area contributed by atoms with Gasteiger partial charge in [-0.2, -0.15) is 0 Å². The number of rotatable bonds is 4. The van der Waals surface area contributed by atoms with Gasteiger partial charge in [0.25, 0.3) is 0 Å². The molecule has 0 fully saturated rings. The Morgan fingerprint density at radius 3 is 2.11 bits per heavy atom. The van der Waals surface area contributed by atoms with Crippen molar-refractivity contribution in [2.75, 3.05) is 0 Å². The molecule has 94 valence electrons. The van der Waals surface area contributed by atoms with Crippen molar-refractivity contribution in [3.8, 4) is 0 Å². The van der Waals surface area contributed by atoms with E-state index in [-0.39, 0.29) is 0 Å². The van der Waals surface area contributed by atoms with Crippen LogP contribution in [0.5, 0.6) is 0 Å². The van der Waals surface area contributed by atoms with Gasteiger partial charge in [-0.25, -0.2) is 0 Å².